The van der Waals surface area contributed by atoms with Gasteiger partial charge in [-0.2, -0.15) is 0 Å². The lowest BCUT2D eigenvalue weighted by atomic mass is 10.0. The van der Waals surface area contributed by atoms with E-state index in [1.165, 1.54) is 14.0 Å². The molecule has 0 aliphatic rings. The number of aliphatic hydroxyl groups excluding tert-OH is 1. The summed E-state index contributed by atoms with van der Waals surface area (Å²) < 4.78 is 0. The predicted octanol–water partition coefficient (Wildman–Crippen LogP) is -1.20. The van der Waals surface area contributed by atoms with Crippen molar-refractivity contribution in [3.05, 3.63) is 35.9 Å². The van der Waals surface area contributed by atoms with Crippen LogP contribution in [0, 0.1) is 5.92 Å². The molecule has 0 saturated carbocycles. The number of nitrogens with two attached hydrogens (primary N) is 1. The van der Waals surface area contributed by atoms with Crippen LogP contribution < -0.4 is 27.0 Å². The van der Waals surface area contributed by atoms with E-state index in [0.29, 0.717) is 0 Å². The molecule has 4 atom stereocenters. The molecular weight excluding hydrogens is 430 g/mol. The number of carbonyl (C=O) groups is 5. The van der Waals surface area contributed by atoms with Crippen LogP contribution in [0.2, 0.25) is 0 Å². The van der Waals surface area contributed by atoms with Crippen LogP contribution in [0.4, 0.5) is 0 Å². The highest BCUT2D eigenvalue weighted by Crippen LogP contribution is 2.08. The van der Waals surface area contributed by atoms with Gasteiger partial charge in [-0.05, 0) is 31.4 Å². The van der Waals surface area contributed by atoms with Crippen LogP contribution in [-0.2, 0) is 19.2 Å². The van der Waals surface area contributed by atoms with Crippen LogP contribution >= 0.6 is 0 Å². The predicted molar refractivity (Wildman–Crippen MR) is 121 cm³/mol. The Bertz CT molecular complexity index is 843. The van der Waals surface area contributed by atoms with Crippen molar-refractivity contribution in [1.82, 2.24) is 21.3 Å². The van der Waals surface area contributed by atoms with Gasteiger partial charge in [-0.25, -0.2) is 0 Å². The average Bonchev–Trinajstić information content (AvgIpc) is 2.75. The number of hydrogen-bond donors (Lipinski definition) is 6. The van der Waals surface area contributed by atoms with E-state index < -0.39 is 60.2 Å². The maximum Gasteiger partial charge on any atom is 0.251 e. The Kier molecular flexibility index (Phi) is 11.0. The molecule has 0 unspecified atom stereocenters. The van der Waals surface area contributed by atoms with Gasteiger partial charge in [-0.1, -0.05) is 32.0 Å². The van der Waals surface area contributed by atoms with Crippen molar-refractivity contribution in [2.45, 2.75) is 57.8 Å². The Morgan fingerprint density at radius 1 is 0.879 bits per heavy atom. The lowest BCUT2D eigenvalue weighted by molar-refractivity contribution is -0.134. The van der Waals surface area contributed by atoms with Gasteiger partial charge in [0.05, 0.1) is 12.5 Å². The highest BCUT2D eigenvalue weighted by Gasteiger charge is 2.32. The molecule has 0 radical (unpaired) electrons. The smallest absolute Gasteiger partial charge is 0.251 e. The van der Waals surface area contributed by atoms with Crippen molar-refractivity contribution >= 4 is 29.5 Å². The van der Waals surface area contributed by atoms with Gasteiger partial charge in [0, 0.05) is 12.6 Å². The van der Waals surface area contributed by atoms with Gasteiger partial charge >= 0.3 is 0 Å². The van der Waals surface area contributed by atoms with E-state index in [1.807, 2.05) is 13.8 Å². The van der Waals surface area contributed by atoms with E-state index in [-0.39, 0.29) is 17.9 Å². The van der Waals surface area contributed by atoms with Gasteiger partial charge < -0.3 is 32.1 Å². The minimum absolute atomic E-state index is 0.0282. The number of carbonyl (C=O) groups excluding carboxylic acids is 5. The van der Waals surface area contributed by atoms with Crippen LogP contribution in [0.1, 0.15) is 44.0 Å². The second-order valence-corrected chi connectivity index (χ2v) is 8.09. The fourth-order valence-corrected chi connectivity index (χ4v) is 3.03. The molecule has 11 heteroatoms. The first-order valence-corrected chi connectivity index (χ1v) is 10.6. The molecule has 33 heavy (non-hydrogen) atoms. The molecular formula is C22H33N5O6. The summed E-state index contributed by atoms with van der Waals surface area (Å²) in [5, 5.41) is 19.6. The van der Waals surface area contributed by atoms with Gasteiger partial charge in [-0.15, -0.1) is 0 Å². The molecule has 0 spiro atoms. The molecule has 0 aliphatic carbocycles. The standard InChI is InChI=1S/C22H33N5O6/c1-12(2)10-15(21(32)27-18(13(3)28)22(33)24-4)26-20(31)16(11-17(23)29)25-19(30)14-8-6-5-7-9-14/h5-9,12-13,15-16,18,28H,10-11H2,1-4H3,(H2,23,29)(H,24,33)(H,25,30)(H,26,31)(H,27,32)/t13-,15+,16+,18+/m1/s1. The van der Waals surface area contributed by atoms with Crippen molar-refractivity contribution in [3.8, 4) is 0 Å². The van der Waals surface area contributed by atoms with E-state index in [4.69, 9.17) is 5.73 Å². The van der Waals surface area contributed by atoms with Crippen LogP contribution in [-0.4, -0.2) is 65.9 Å². The Balaban J connectivity index is 3.03. The molecule has 0 bridgehead atoms. The average molecular weight is 464 g/mol. The van der Waals surface area contributed by atoms with E-state index >= 15 is 0 Å². The molecule has 1 aromatic rings. The third kappa shape index (κ3) is 9.27. The van der Waals surface area contributed by atoms with Crippen LogP contribution in [0.5, 0.6) is 0 Å². The molecule has 1 rings (SSSR count). The fourth-order valence-electron chi connectivity index (χ4n) is 3.03. The molecule has 0 saturated heterocycles. The number of amides is 5. The molecule has 0 aliphatic heterocycles. The Morgan fingerprint density at radius 2 is 1.45 bits per heavy atom. The minimum atomic E-state index is -1.32. The summed E-state index contributed by atoms with van der Waals surface area (Å²) in [7, 11) is 1.36. The normalized spacial score (nSPS) is 14.4. The summed E-state index contributed by atoms with van der Waals surface area (Å²) in [6.07, 6.45) is -1.46. The quantitative estimate of drug-likeness (QED) is 0.227. The molecule has 0 heterocycles. The monoisotopic (exact) mass is 463 g/mol. The van der Waals surface area contributed by atoms with Crippen molar-refractivity contribution in [3.63, 3.8) is 0 Å². The lowest BCUT2D eigenvalue weighted by Gasteiger charge is -2.26. The van der Waals surface area contributed by atoms with E-state index in [0.717, 1.165) is 0 Å². The number of nitrogens with one attached hydrogen (secondary N) is 4. The number of rotatable bonds is 12. The van der Waals surface area contributed by atoms with Crippen LogP contribution in [0.25, 0.3) is 0 Å². The Hall–Kier alpha value is -3.47. The number of hydrogen-bond acceptors (Lipinski definition) is 6. The topological polar surface area (TPSA) is 180 Å². The summed E-state index contributed by atoms with van der Waals surface area (Å²) in [5.41, 5.74) is 5.52. The molecule has 0 fully saturated rings. The summed E-state index contributed by atoms with van der Waals surface area (Å²) in [6, 6.07) is 4.46. The van der Waals surface area contributed by atoms with Gasteiger partial charge in [0.2, 0.25) is 23.6 Å². The van der Waals surface area contributed by atoms with Crippen molar-refractivity contribution < 1.29 is 29.1 Å². The van der Waals surface area contributed by atoms with Crippen LogP contribution in [0.3, 0.4) is 0 Å². The van der Waals surface area contributed by atoms with Gasteiger partial charge in [-0.3, -0.25) is 24.0 Å². The van der Waals surface area contributed by atoms with Crippen LogP contribution in [0.15, 0.2) is 30.3 Å². The van der Waals surface area contributed by atoms with E-state index in [1.54, 1.807) is 30.3 Å². The zero-order valence-electron chi connectivity index (χ0n) is 19.3. The molecule has 7 N–H and O–H groups in total. The highest BCUT2D eigenvalue weighted by atomic mass is 16.3. The summed E-state index contributed by atoms with van der Waals surface area (Å²) in [5.74, 6) is -3.52. The zero-order valence-corrected chi connectivity index (χ0v) is 19.3. The summed E-state index contributed by atoms with van der Waals surface area (Å²) in [4.78, 5) is 61.7. The van der Waals surface area contributed by atoms with Gasteiger partial charge in [0.1, 0.15) is 18.1 Å². The summed E-state index contributed by atoms with van der Waals surface area (Å²) in [6.45, 7) is 5.00. The molecule has 5 amide bonds. The lowest BCUT2D eigenvalue weighted by Crippen LogP contribution is -2.59. The van der Waals surface area contributed by atoms with Crippen molar-refractivity contribution in [1.29, 1.82) is 0 Å². The van der Waals surface area contributed by atoms with Crippen molar-refractivity contribution in [2.75, 3.05) is 7.05 Å². The first-order chi connectivity index (χ1) is 15.5. The minimum Gasteiger partial charge on any atom is -0.391 e. The molecule has 1 aromatic carbocycles. The van der Waals surface area contributed by atoms with Gasteiger partial charge in [0.15, 0.2) is 0 Å². The first-order valence-electron chi connectivity index (χ1n) is 10.6. The zero-order chi connectivity index (χ0) is 25.1. The number of benzene rings is 1. The largest absolute Gasteiger partial charge is 0.391 e. The molecule has 182 valence electrons. The second-order valence-electron chi connectivity index (χ2n) is 8.09. The molecule has 0 aromatic heterocycles. The number of aliphatic hydroxyl groups is 1. The van der Waals surface area contributed by atoms with E-state index in [2.05, 4.69) is 21.3 Å². The number of likely N-dealkylation sites (N-methyl/N-ethyl adjacent to an activating group) is 1. The van der Waals surface area contributed by atoms with Crippen molar-refractivity contribution in [2.24, 2.45) is 11.7 Å². The third-order valence-corrected chi connectivity index (χ3v) is 4.71. The Labute approximate surface area is 192 Å². The molecule has 11 nitrogen and oxygen atoms in total. The SMILES string of the molecule is CNC(=O)[C@@H](NC(=O)[C@H](CC(C)C)NC(=O)[C@H](CC(N)=O)NC(=O)c1ccccc1)[C@@H](C)O. The maximum absolute atomic E-state index is 12.9. The maximum atomic E-state index is 12.9. The first kappa shape index (κ1) is 27.6. The van der Waals surface area contributed by atoms with E-state index in [9.17, 15) is 29.1 Å². The van der Waals surface area contributed by atoms with Gasteiger partial charge in [0.25, 0.3) is 5.91 Å². The Morgan fingerprint density at radius 3 is 1.94 bits per heavy atom. The second kappa shape index (κ2) is 13.2. The highest BCUT2D eigenvalue weighted by molar-refractivity contribution is 6.00. The third-order valence-electron chi connectivity index (χ3n) is 4.71. The summed E-state index contributed by atoms with van der Waals surface area (Å²) >= 11 is 0. The fraction of sp³-hybridized carbons (Fsp3) is 0.500. The number of primary amides is 1.